The fraction of sp³-hybridized carbons (Fsp3) is 0.308. The first-order valence-electron chi connectivity index (χ1n) is 11.5. The number of benzene rings is 2. The summed E-state index contributed by atoms with van der Waals surface area (Å²) >= 11 is 0. The molecule has 0 radical (unpaired) electrons. The van der Waals surface area contributed by atoms with Crippen molar-refractivity contribution >= 4 is 17.5 Å². The number of ether oxygens (including phenoxy) is 1. The monoisotopic (exact) mass is 494 g/mol. The van der Waals surface area contributed by atoms with Crippen LogP contribution in [0.1, 0.15) is 20.8 Å². The van der Waals surface area contributed by atoms with Crippen molar-refractivity contribution in [1.82, 2.24) is 9.88 Å². The Kier molecular flexibility index (Phi) is 6.78. The number of non-ortho nitro benzene ring substituents is 1. The number of piperazine rings is 1. The lowest BCUT2D eigenvalue weighted by Gasteiger charge is -2.46. The van der Waals surface area contributed by atoms with Gasteiger partial charge in [-0.1, -0.05) is 32.9 Å². The summed E-state index contributed by atoms with van der Waals surface area (Å²) in [5.74, 6) is -0.612. The Morgan fingerprint density at radius 1 is 1.14 bits per heavy atom. The largest absolute Gasteiger partial charge is 0.465 e. The van der Waals surface area contributed by atoms with Gasteiger partial charge in [0.2, 0.25) is 0 Å². The van der Waals surface area contributed by atoms with Crippen molar-refractivity contribution in [1.29, 1.82) is 0 Å². The first kappa shape index (κ1) is 24.9. The molecule has 10 heteroatoms. The van der Waals surface area contributed by atoms with Crippen LogP contribution in [-0.2, 0) is 0 Å². The number of hydrogen-bond acceptors (Lipinski definition) is 6. The number of pyridine rings is 1. The molecule has 1 aliphatic rings. The molecule has 1 unspecified atom stereocenters. The van der Waals surface area contributed by atoms with Crippen LogP contribution in [0.25, 0.3) is 11.1 Å². The molecular formula is C26H27FN4O5. The Morgan fingerprint density at radius 3 is 2.47 bits per heavy atom. The maximum atomic E-state index is 14.4. The minimum Gasteiger partial charge on any atom is -0.465 e. The van der Waals surface area contributed by atoms with E-state index in [9.17, 15) is 24.4 Å². The zero-order valence-corrected chi connectivity index (χ0v) is 20.2. The van der Waals surface area contributed by atoms with Crippen molar-refractivity contribution < 1.29 is 24.0 Å². The second-order valence-electron chi connectivity index (χ2n) is 9.70. The third kappa shape index (κ3) is 5.22. The number of anilines is 1. The molecule has 1 N–H and O–H groups in total. The van der Waals surface area contributed by atoms with E-state index in [0.29, 0.717) is 30.9 Å². The minimum absolute atomic E-state index is 0.130. The van der Waals surface area contributed by atoms with Gasteiger partial charge in [0, 0.05) is 49.3 Å². The normalized spacial score (nSPS) is 16.1. The summed E-state index contributed by atoms with van der Waals surface area (Å²) < 4.78 is 20.1. The molecular weight excluding hydrogens is 467 g/mol. The Hall–Kier alpha value is -4.21. The number of hydrogen-bond donors (Lipinski definition) is 1. The summed E-state index contributed by atoms with van der Waals surface area (Å²) in [4.78, 5) is 29.8. The first-order valence-corrected chi connectivity index (χ1v) is 11.5. The van der Waals surface area contributed by atoms with Gasteiger partial charge in [0.25, 0.3) is 5.69 Å². The average Bonchev–Trinajstić information content (AvgIpc) is 2.84. The molecule has 36 heavy (non-hydrogen) atoms. The Balaban J connectivity index is 1.56. The fourth-order valence-corrected chi connectivity index (χ4v) is 4.33. The predicted octanol–water partition coefficient (Wildman–Crippen LogP) is 5.80. The summed E-state index contributed by atoms with van der Waals surface area (Å²) in [5.41, 5.74) is 1.81. The van der Waals surface area contributed by atoms with Crippen molar-refractivity contribution in [2.45, 2.75) is 26.8 Å². The SMILES string of the molecule is CC(C)(C)C1CN(c2ccc(-c3cnccc3Oc3ccc([N+](=O)[O-])cc3F)cc2)CCN1C(=O)O. The fourth-order valence-electron chi connectivity index (χ4n) is 4.33. The Bertz CT molecular complexity index is 1280. The number of halogens is 1. The molecule has 1 aliphatic heterocycles. The number of carboxylic acid groups (broad SMARTS) is 1. The number of nitro benzene ring substituents is 1. The maximum absolute atomic E-state index is 14.4. The van der Waals surface area contributed by atoms with Gasteiger partial charge < -0.3 is 19.6 Å². The highest BCUT2D eigenvalue weighted by molar-refractivity contribution is 5.72. The smallest absolute Gasteiger partial charge is 0.407 e. The molecule has 3 aromatic rings. The second-order valence-corrected chi connectivity index (χ2v) is 9.70. The van der Waals surface area contributed by atoms with Crippen LogP contribution in [0.4, 0.5) is 20.6 Å². The third-order valence-electron chi connectivity index (χ3n) is 6.30. The lowest BCUT2D eigenvalue weighted by Crippen LogP contribution is -2.59. The Morgan fingerprint density at radius 2 is 1.86 bits per heavy atom. The van der Waals surface area contributed by atoms with Crippen LogP contribution < -0.4 is 9.64 Å². The number of aromatic nitrogens is 1. The highest BCUT2D eigenvalue weighted by Crippen LogP contribution is 2.36. The Labute approximate surface area is 207 Å². The van der Waals surface area contributed by atoms with E-state index in [0.717, 1.165) is 17.3 Å². The van der Waals surface area contributed by atoms with Gasteiger partial charge in [0.1, 0.15) is 5.75 Å². The van der Waals surface area contributed by atoms with Crippen LogP contribution in [0.2, 0.25) is 0 Å². The lowest BCUT2D eigenvalue weighted by molar-refractivity contribution is -0.385. The molecule has 4 rings (SSSR count). The van der Waals surface area contributed by atoms with Crippen molar-refractivity contribution in [2.24, 2.45) is 5.41 Å². The summed E-state index contributed by atoms with van der Waals surface area (Å²) in [5, 5.41) is 20.5. The summed E-state index contributed by atoms with van der Waals surface area (Å²) in [6.07, 6.45) is 2.22. The predicted molar refractivity (Wildman–Crippen MR) is 133 cm³/mol. The molecule has 0 bridgehead atoms. The van der Waals surface area contributed by atoms with Crippen LogP contribution in [0.15, 0.2) is 60.9 Å². The molecule has 0 aliphatic carbocycles. The molecule has 0 spiro atoms. The summed E-state index contributed by atoms with van der Waals surface area (Å²) in [6, 6.07) is 12.4. The quantitative estimate of drug-likeness (QED) is 0.352. The van der Waals surface area contributed by atoms with E-state index in [4.69, 9.17) is 4.74 Å². The molecule has 188 valence electrons. The molecule has 1 aromatic heterocycles. The van der Waals surface area contributed by atoms with Crippen LogP contribution in [-0.4, -0.2) is 51.7 Å². The number of nitro groups is 1. The van der Waals surface area contributed by atoms with Gasteiger partial charge in [-0.3, -0.25) is 15.1 Å². The van der Waals surface area contributed by atoms with Crippen molar-refractivity contribution in [3.05, 3.63) is 76.9 Å². The topological polar surface area (TPSA) is 109 Å². The van der Waals surface area contributed by atoms with Gasteiger partial charge >= 0.3 is 6.09 Å². The zero-order chi connectivity index (χ0) is 26.0. The van der Waals surface area contributed by atoms with Crippen LogP contribution in [0.5, 0.6) is 11.5 Å². The van der Waals surface area contributed by atoms with Crippen molar-refractivity contribution in [3.63, 3.8) is 0 Å². The van der Waals surface area contributed by atoms with E-state index in [-0.39, 0.29) is 22.9 Å². The number of amides is 1. The number of carbonyl (C=O) groups is 1. The zero-order valence-electron chi connectivity index (χ0n) is 20.2. The first-order chi connectivity index (χ1) is 17.0. The highest BCUT2D eigenvalue weighted by atomic mass is 19.1. The minimum atomic E-state index is -0.904. The van der Waals surface area contributed by atoms with E-state index in [2.05, 4.69) is 9.88 Å². The molecule has 1 amide bonds. The van der Waals surface area contributed by atoms with Crippen molar-refractivity contribution in [2.75, 3.05) is 24.5 Å². The van der Waals surface area contributed by atoms with E-state index < -0.39 is 16.8 Å². The van der Waals surface area contributed by atoms with Gasteiger partial charge in [-0.2, -0.15) is 0 Å². The molecule has 1 fully saturated rings. The number of rotatable bonds is 5. The highest BCUT2D eigenvalue weighted by Gasteiger charge is 2.38. The van der Waals surface area contributed by atoms with E-state index in [1.165, 1.54) is 23.2 Å². The van der Waals surface area contributed by atoms with Gasteiger partial charge in [-0.05, 0) is 35.2 Å². The standard InChI is InChI=1S/C26H27FN4O5/c1-26(2,3)24-16-29(12-13-30(24)25(32)33)18-6-4-17(5-7-18)20-15-28-11-10-22(20)36-23-9-8-19(31(34)35)14-21(23)27/h4-11,14-15,24H,12-13,16H2,1-3H3,(H,32,33). The molecule has 9 nitrogen and oxygen atoms in total. The van der Waals surface area contributed by atoms with Crippen LogP contribution in [0.3, 0.4) is 0 Å². The van der Waals surface area contributed by atoms with E-state index in [1.54, 1.807) is 12.3 Å². The van der Waals surface area contributed by atoms with Crippen molar-refractivity contribution in [3.8, 4) is 22.6 Å². The molecule has 0 saturated carbocycles. The third-order valence-corrected chi connectivity index (χ3v) is 6.30. The van der Waals surface area contributed by atoms with Gasteiger partial charge in [0.05, 0.1) is 17.0 Å². The van der Waals surface area contributed by atoms with Gasteiger partial charge in [-0.15, -0.1) is 0 Å². The molecule has 2 heterocycles. The second kappa shape index (κ2) is 9.80. The summed E-state index contributed by atoms with van der Waals surface area (Å²) in [7, 11) is 0. The van der Waals surface area contributed by atoms with Gasteiger partial charge in [0.15, 0.2) is 11.6 Å². The number of nitrogens with zero attached hydrogens (tertiary/aromatic N) is 4. The van der Waals surface area contributed by atoms with Crippen LogP contribution >= 0.6 is 0 Å². The van der Waals surface area contributed by atoms with Crippen LogP contribution in [0, 0.1) is 21.3 Å². The van der Waals surface area contributed by atoms with E-state index in [1.807, 2.05) is 45.0 Å². The molecule has 2 aromatic carbocycles. The summed E-state index contributed by atoms with van der Waals surface area (Å²) in [6.45, 7) is 7.70. The lowest BCUT2D eigenvalue weighted by atomic mass is 9.84. The molecule has 1 saturated heterocycles. The van der Waals surface area contributed by atoms with E-state index >= 15 is 0 Å². The maximum Gasteiger partial charge on any atom is 0.407 e. The van der Waals surface area contributed by atoms with Gasteiger partial charge in [-0.25, -0.2) is 9.18 Å². The molecule has 1 atom stereocenters. The average molecular weight is 495 g/mol.